The lowest BCUT2D eigenvalue weighted by molar-refractivity contribution is 0.0525. The molecule has 0 radical (unpaired) electrons. The van der Waals surface area contributed by atoms with Crippen LogP contribution in [0.4, 0.5) is 4.79 Å². The molecular weight excluding hydrogens is 554 g/mol. The smallest absolute Gasteiger partial charge is 0.407 e. The van der Waals surface area contributed by atoms with E-state index < -0.39 is 28.9 Å². The normalized spacial score (nSPS) is 10.7. The summed E-state index contributed by atoms with van der Waals surface area (Å²) in [5.41, 5.74) is -1.05. The minimum atomic E-state index is -0.866. The van der Waals surface area contributed by atoms with E-state index in [0.717, 1.165) is 4.57 Å². The van der Waals surface area contributed by atoms with Gasteiger partial charge >= 0.3 is 17.8 Å². The van der Waals surface area contributed by atoms with Crippen LogP contribution in [0.5, 0.6) is 11.5 Å². The number of rotatable bonds is 10. The molecule has 3 rings (SSSR count). The number of nitrogens with one attached hydrogen (secondary N) is 1. The fourth-order valence-electron chi connectivity index (χ4n) is 4.07. The molecular formula is C32H37N3O8. The van der Waals surface area contributed by atoms with Crippen molar-refractivity contribution < 1.29 is 28.5 Å². The second-order valence-electron chi connectivity index (χ2n) is 10.5. The summed E-state index contributed by atoms with van der Waals surface area (Å²) in [6, 6.07) is 13.9. The highest BCUT2D eigenvalue weighted by Gasteiger charge is 2.24. The van der Waals surface area contributed by atoms with Gasteiger partial charge in [-0.1, -0.05) is 36.1 Å². The molecule has 11 heteroatoms. The molecule has 11 nitrogen and oxygen atoms in total. The summed E-state index contributed by atoms with van der Waals surface area (Å²) in [4.78, 5) is 52.4. The van der Waals surface area contributed by atoms with E-state index >= 15 is 0 Å². The van der Waals surface area contributed by atoms with E-state index in [2.05, 4.69) is 17.2 Å². The summed E-state index contributed by atoms with van der Waals surface area (Å²) in [6.07, 6.45) is 0.220. The number of hydrogen-bond acceptors (Lipinski definition) is 8. The van der Waals surface area contributed by atoms with E-state index in [0.29, 0.717) is 42.0 Å². The molecule has 0 aliphatic rings. The molecule has 0 fully saturated rings. The van der Waals surface area contributed by atoms with Crippen LogP contribution in [0.2, 0.25) is 0 Å². The number of carbonyl (C=O) groups is 2. The second kappa shape index (κ2) is 14.8. The van der Waals surface area contributed by atoms with Crippen molar-refractivity contribution in [1.29, 1.82) is 0 Å². The molecule has 228 valence electrons. The van der Waals surface area contributed by atoms with Gasteiger partial charge in [-0.15, -0.1) is 0 Å². The van der Waals surface area contributed by atoms with Gasteiger partial charge in [0, 0.05) is 13.0 Å². The Kier molecular flexibility index (Phi) is 11.2. The first-order chi connectivity index (χ1) is 20.5. The summed E-state index contributed by atoms with van der Waals surface area (Å²) >= 11 is 0. The van der Waals surface area contributed by atoms with Gasteiger partial charge < -0.3 is 24.3 Å². The van der Waals surface area contributed by atoms with Gasteiger partial charge in [-0.3, -0.25) is 13.9 Å². The Morgan fingerprint density at radius 3 is 1.86 bits per heavy atom. The Morgan fingerprint density at radius 1 is 0.837 bits per heavy atom. The molecule has 0 unspecified atom stereocenters. The summed E-state index contributed by atoms with van der Waals surface area (Å²) in [5.74, 6) is 6.10. The number of alkyl carbamates (subject to hydrolysis) is 1. The molecule has 1 N–H and O–H groups in total. The van der Waals surface area contributed by atoms with E-state index in [-0.39, 0.29) is 24.3 Å². The highest BCUT2D eigenvalue weighted by Crippen LogP contribution is 2.15. The third-order valence-corrected chi connectivity index (χ3v) is 6.17. The number of unbranched alkanes of at least 4 members (excludes halogenated alkanes) is 1. The number of benzene rings is 2. The maximum atomic E-state index is 13.8. The highest BCUT2D eigenvalue weighted by molar-refractivity contribution is 5.90. The third kappa shape index (κ3) is 9.00. The van der Waals surface area contributed by atoms with Gasteiger partial charge in [-0.05, 0) is 62.6 Å². The number of carbonyl (C=O) groups excluding carboxylic acids is 2. The Bertz CT molecular complexity index is 1600. The first-order valence-electron chi connectivity index (χ1n) is 13.6. The molecule has 2 aromatic carbocycles. The standard InChI is InChI=1S/C32H37N3O8/c1-32(2,3)43-30(38)33-19-9-7-8-10-26-27(29(37)42-6)34(20-22-11-15-24(40-4)16-12-22)31(39)35(28(26)36)21-23-13-17-25(41-5)18-14-23/h11-18H,7,9,19-21H2,1-6H3,(H,33,38). The van der Waals surface area contributed by atoms with E-state index in [1.54, 1.807) is 83.5 Å². The van der Waals surface area contributed by atoms with Crippen LogP contribution in [0, 0.1) is 11.8 Å². The maximum Gasteiger partial charge on any atom is 0.407 e. The molecule has 0 bridgehead atoms. The lowest BCUT2D eigenvalue weighted by Crippen LogP contribution is -2.44. The average molecular weight is 592 g/mol. The van der Waals surface area contributed by atoms with Crippen molar-refractivity contribution >= 4 is 12.1 Å². The number of nitrogens with zero attached hydrogens (tertiary/aromatic N) is 2. The van der Waals surface area contributed by atoms with Crippen molar-refractivity contribution in [2.45, 2.75) is 52.3 Å². The lowest BCUT2D eigenvalue weighted by atomic mass is 10.1. The first-order valence-corrected chi connectivity index (χ1v) is 13.6. The molecule has 0 aliphatic heterocycles. The van der Waals surface area contributed by atoms with Gasteiger partial charge in [0.15, 0.2) is 5.69 Å². The van der Waals surface area contributed by atoms with Crippen LogP contribution in [-0.4, -0.2) is 54.7 Å². The van der Waals surface area contributed by atoms with Crippen molar-refractivity contribution in [3.05, 3.63) is 91.8 Å². The summed E-state index contributed by atoms with van der Waals surface area (Å²) < 4.78 is 22.9. The summed E-state index contributed by atoms with van der Waals surface area (Å²) in [6.45, 7) is 5.53. The number of amides is 1. The maximum absolute atomic E-state index is 13.8. The average Bonchev–Trinajstić information content (AvgIpc) is 2.98. The SMILES string of the molecule is COC(=O)c1c(C#CCCCNC(=O)OC(C)(C)C)c(=O)n(Cc2ccc(OC)cc2)c(=O)n1Cc1ccc(OC)cc1. The fourth-order valence-corrected chi connectivity index (χ4v) is 4.07. The van der Waals surface area contributed by atoms with E-state index in [1.165, 1.54) is 11.7 Å². The third-order valence-electron chi connectivity index (χ3n) is 6.17. The monoisotopic (exact) mass is 591 g/mol. The van der Waals surface area contributed by atoms with Crippen LogP contribution in [0.25, 0.3) is 0 Å². The quantitative estimate of drug-likeness (QED) is 0.215. The van der Waals surface area contributed by atoms with Crippen LogP contribution in [0.3, 0.4) is 0 Å². The largest absolute Gasteiger partial charge is 0.497 e. The van der Waals surface area contributed by atoms with Crippen molar-refractivity contribution in [2.24, 2.45) is 0 Å². The molecule has 0 saturated heterocycles. The van der Waals surface area contributed by atoms with E-state index in [1.807, 2.05) is 0 Å². The van der Waals surface area contributed by atoms with Gasteiger partial charge in [0.25, 0.3) is 5.56 Å². The van der Waals surface area contributed by atoms with E-state index in [9.17, 15) is 19.2 Å². The van der Waals surface area contributed by atoms with Gasteiger partial charge in [-0.25, -0.2) is 14.4 Å². The van der Waals surface area contributed by atoms with Gasteiger partial charge in [-0.2, -0.15) is 0 Å². The molecule has 1 aromatic heterocycles. The first kappa shape index (κ1) is 32.5. The van der Waals surface area contributed by atoms with Gasteiger partial charge in [0.2, 0.25) is 0 Å². The zero-order valence-electron chi connectivity index (χ0n) is 25.3. The molecule has 1 heterocycles. The fraction of sp³-hybridized carbons (Fsp3) is 0.375. The Morgan fingerprint density at radius 2 is 1.37 bits per heavy atom. The van der Waals surface area contributed by atoms with Crippen molar-refractivity contribution in [3.63, 3.8) is 0 Å². The van der Waals surface area contributed by atoms with Crippen molar-refractivity contribution in [1.82, 2.24) is 14.5 Å². The second-order valence-corrected chi connectivity index (χ2v) is 10.5. The molecule has 0 spiro atoms. The van der Waals surface area contributed by atoms with Gasteiger partial charge in [0.1, 0.15) is 22.7 Å². The minimum Gasteiger partial charge on any atom is -0.497 e. The Hall–Kier alpha value is -4.98. The van der Waals surface area contributed by atoms with E-state index in [4.69, 9.17) is 18.9 Å². The van der Waals surface area contributed by atoms with Gasteiger partial charge in [0.05, 0.1) is 34.4 Å². The topological polar surface area (TPSA) is 127 Å². The minimum absolute atomic E-state index is 0.0232. The highest BCUT2D eigenvalue weighted by atomic mass is 16.6. The van der Waals surface area contributed by atoms with Crippen molar-refractivity contribution in [2.75, 3.05) is 27.9 Å². The summed E-state index contributed by atoms with van der Waals surface area (Å²) in [7, 11) is 4.26. The molecule has 0 atom stereocenters. The van der Waals surface area contributed by atoms with Crippen LogP contribution >= 0.6 is 0 Å². The van der Waals surface area contributed by atoms with Crippen molar-refractivity contribution in [3.8, 4) is 23.3 Å². The molecule has 43 heavy (non-hydrogen) atoms. The number of aromatic nitrogens is 2. The molecule has 0 saturated carbocycles. The summed E-state index contributed by atoms with van der Waals surface area (Å²) in [5, 5.41) is 2.65. The number of ether oxygens (including phenoxy) is 4. The lowest BCUT2D eigenvalue weighted by Gasteiger charge is -2.19. The predicted molar refractivity (Wildman–Crippen MR) is 161 cm³/mol. The van der Waals surface area contributed by atoms with Crippen LogP contribution < -0.4 is 26.0 Å². The zero-order chi connectivity index (χ0) is 31.6. The van der Waals surface area contributed by atoms with Crippen LogP contribution in [0.1, 0.15) is 60.8 Å². The predicted octanol–water partition coefficient (Wildman–Crippen LogP) is 3.57. The number of esters is 1. The van der Waals surface area contributed by atoms with Crippen LogP contribution in [0.15, 0.2) is 58.1 Å². The molecule has 0 aliphatic carbocycles. The Labute approximate surface area is 250 Å². The number of hydrogen-bond donors (Lipinski definition) is 1. The zero-order valence-corrected chi connectivity index (χ0v) is 25.3. The Balaban J connectivity index is 2.03. The number of methoxy groups -OCH3 is 3. The molecule has 3 aromatic rings. The molecule has 1 amide bonds. The van der Waals surface area contributed by atoms with Crippen LogP contribution in [-0.2, 0) is 22.6 Å².